The molecular weight excluding hydrogens is 354 g/mol. The summed E-state index contributed by atoms with van der Waals surface area (Å²) in [5, 5.41) is 2.85. The summed E-state index contributed by atoms with van der Waals surface area (Å²) in [6, 6.07) is 3.58. The fourth-order valence-electron chi connectivity index (χ4n) is 4.06. The van der Waals surface area contributed by atoms with E-state index < -0.39 is 10.2 Å². The van der Waals surface area contributed by atoms with E-state index in [9.17, 15) is 13.2 Å². The molecule has 0 spiro atoms. The molecule has 1 aromatic rings. The van der Waals surface area contributed by atoms with Crippen molar-refractivity contribution in [2.75, 3.05) is 26.2 Å². The third kappa shape index (κ3) is 4.47. The second-order valence-corrected chi connectivity index (χ2v) is 9.69. The summed E-state index contributed by atoms with van der Waals surface area (Å²) < 4.78 is 34.4. The van der Waals surface area contributed by atoms with Crippen LogP contribution in [0.25, 0.3) is 0 Å². The second-order valence-electron chi connectivity index (χ2n) is 7.77. The Morgan fingerprint density at radius 2 is 1.96 bits per heavy atom. The number of carbonyl (C=O) groups is 1. The van der Waals surface area contributed by atoms with Gasteiger partial charge < -0.3 is 9.73 Å². The second kappa shape index (κ2) is 8.10. The number of furan rings is 1. The third-order valence-corrected chi connectivity index (χ3v) is 7.19. The minimum atomic E-state index is -3.51. The van der Waals surface area contributed by atoms with Gasteiger partial charge in [-0.05, 0) is 43.2 Å². The molecule has 8 heteroatoms. The van der Waals surface area contributed by atoms with Crippen molar-refractivity contribution < 1.29 is 17.6 Å². The normalized spacial score (nSPS) is 28.8. The summed E-state index contributed by atoms with van der Waals surface area (Å²) >= 11 is 0. The van der Waals surface area contributed by atoms with Crippen LogP contribution in [-0.2, 0) is 21.5 Å². The smallest absolute Gasteiger partial charge is 0.282 e. The summed E-state index contributed by atoms with van der Waals surface area (Å²) in [6.45, 7) is 6.40. The zero-order valence-electron chi connectivity index (χ0n) is 15.6. The molecule has 3 heterocycles. The Kier molecular flexibility index (Phi) is 6.04. The van der Waals surface area contributed by atoms with Gasteiger partial charge in [0.05, 0.1) is 18.7 Å². The lowest BCUT2D eigenvalue weighted by Gasteiger charge is -2.39. The molecule has 2 saturated heterocycles. The van der Waals surface area contributed by atoms with Crippen LogP contribution < -0.4 is 5.32 Å². The fourth-order valence-corrected chi connectivity index (χ4v) is 6.00. The number of amides is 1. The van der Waals surface area contributed by atoms with Crippen LogP contribution >= 0.6 is 0 Å². The molecule has 2 aliphatic heterocycles. The van der Waals surface area contributed by atoms with E-state index in [4.69, 9.17) is 4.42 Å². The number of rotatable bonds is 5. The molecule has 0 aliphatic carbocycles. The van der Waals surface area contributed by atoms with Gasteiger partial charge in [-0.25, -0.2) is 0 Å². The van der Waals surface area contributed by atoms with Crippen molar-refractivity contribution in [2.45, 2.75) is 39.7 Å². The zero-order valence-corrected chi connectivity index (χ0v) is 16.4. The molecule has 3 rings (SSSR count). The van der Waals surface area contributed by atoms with E-state index in [1.807, 2.05) is 0 Å². The van der Waals surface area contributed by atoms with Gasteiger partial charge in [-0.15, -0.1) is 0 Å². The molecule has 2 aliphatic rings. The van der Waals surface area contributed by atoms with Crippen molar-refractivity contribution in [3.8, 4) is 0 Å². The number of hydrogen-bond donors (Lipinski definition) is 1. The number of hydrogen-bond acceptors (Lipinski definition) is 4. The maximum atomic E-state index is 13.0. The minimum absolute atomic E-state index is 0.110. The average molecular weight is 384 g/mol. The standard InChI is InChI=1S/C18H29N3O4S/c1-14-9-15(2)12-21(11-14)26(23,24)20-7-3-5-16(13-20)18(22)19-10-17-6-4-8-25-17/h4,6,8,14-16H,3,5,7,9-13H2,1-2H3,(H,19,22)/t14-,15+,16-/m1/s1. The van der Waals surface area contributed by atoms with Gasteiger partial charge in [-0.2, -0.15) is 17.0 Å². The van der Waals surface area contributed by atoms with Crippen LogP contribution in [0.1, 0.15) is 38.9 Å². The van der Waals surface area contributed by atoms with Gasteiger partial charge in [0.25, 0.3) is 10.2 Å². The quantitative estimate of drug-likeness (QED) is 0.841. The molecule has 7 nitrogen and oxygen atoms in total. The Hall–Kier alpha value is -1.38. The number of piperidine rings is 2. The first-order valence-electron chi connectivity index (χ1n) is 9.41. The number of carbonyl (C=O) groups excluding carboxylic acids is 1. The Morgan fingerprint density at radius 1 is 1.23 bits per heavy atom. The molecule has 1 N–H and O–H groups in total. The van der Waals surface area contributed by atoms with E-state index in [0.29, 0.717) is 56.6 Å². The van der Waals surface area contributed by atoms with Gasteiger partial charge in [0.1, 0.15) is 5.76 Å². The van der Waals surface area contributed by atoms with Crippen LogP contribution in [0.2, 0.25) is 0 Å². The maximum absolute atomic E-state index is 13.0. The predicted molar refractivity (Wildman–Crippen MR) is 98.3 cm³/mol. The van der Waals surface area contributed by atoms with Gasteiger partial charge in [0.2, 0.25) is 5.91 Å². The highest BCUT2D eigenvalue weighted by Crippen LogP contribution is 2.27. The zero-order chi connectivity index (χ0) is 18.7. The monoisotopic (exact) mass is 383 g/mol. The highest BCUT2D eigenvalue weighted by atomic mass is 32.2. The van der Waals surface area contributed by atoms with Crippen molar-refractivity contribution in [3.05, 3.63) is 24.2 Å². The molecule has 2 fully saturated rings. The van der Waals surface area contributed by atoms with E-state index in [2.05, 4.69) is 19.2 Å². The van der Waals surface area contributed by atoms with Gasteiger partial charge in [0.15, 0.2) is 0 Å². The van der Waals surface area contributed by atoms with Crippen LogP contribution in [0.15, 0.2) is 22.8 Å². The topological polar surface area (TPSA) is 82.9 Å². The van der Waals surface area contributed by atoms with E-state index in [1.165, 1.54) is 4.31 Å². The summed E-state index contributed by atoms with van der Waals surface area (Å²) in [5.74, 6) is 1.00. The first-order valence-corrected chi connectivity index (χ1v) is 10.8. The van der Waals surface area contributed by atoms with Crippen LogP contribution in [0, 0.1) is 17.8 Å². The van der Waals surface area contributed by atoms with Gasteiger partial charge in [-0.1, -0.05) is 13.8 Å². The SMILES string of the molecule is C[C@@H]1C[C@H](C)CN(S(=O)(=O)N2CCC[C@@H](C(=O)NCc3ccco3)C2)C1. The third-order valence-electron chi connectivity index (χ3n) is 5.26. The molecule has 26 heavy (non-hydrogen) atoms. The molecule has 1 amide bonds. The Morgan fingerprint density at radius 3 is 2.62 bits per heavy atom. The highest BCUT2D eigenvalue weighted by molar-refractivity contribution is 7.86. The molecule has 146 valence electrons. The highest BCUT2D eigenvalue weighted by Gasteiger charge is 2.38. The van der Waals surface area contributed by atoms with E-state index in [1.54, 1.807) is 22.7 Å². The fraction of sp³-hybridized carbons (Fsp3) is 0.722. The van der Waals surface area contributed by atoms with Crippen LogP contribution in [-0.4, -0.2) is 49.1 Å². The Balaban J connectivity index is 1.60. The molecule has 0 saturated carbocycles. The maximum Gasteiger partial charge on any atom is 0.282 e. The first-order chi connectivity index (χ1) is 12.4. The van der Waals surface area contributed by atoms with Crippen LogP contribution in [0.5, 0.6) is 0 Å². The molecule has 3 atom stereocenters. The summed E-state index contributed by atoms with van der Waals surface area (Å²) in [6.07, 6.45) is 4.04. The van der Waals surface area contributed by atoms with E-state index in [-0.39, 0.29) is 18.4 Å². The molecule has 1 aromatic heterocycles. The van der Waals surface area contributed by atoms with Crippen LogP contribution in [0.4, 0.5) is 0 Å². The molecule has 0 bridgehead atoms. The lowest BCUT2D eigenvalue weighted by Crippen LogP contribution is -2.53. The molecule has 0 radical (unpaired) electrons. The summed E-state index contributed by atoms with van der Waals surface area (Å²) in [5.41, 5.74) is 0. The Labute approximate surface area is 155 Å². The van der Waals surface area contributed by atoms with Crippen molar-refractivity contribution in [3.63, 3.8) is 0 Å². The molecule has 0 aromatic carbocycles. The summed E-state index contributed by atoms with van der Waals surface area (Å²) in [4.78, 5) is 12.5. The molecule has 0 unspecified atom stereocenters. The minimum Gasteiger partial charge on any atom is -0.467 e. The Bertz CT molecular complexity index is 694. The van der Waals surface area contributed by atoms with E-state index in [0.717, 1.165) is 6.42 Å². The largest absolute Gasteiger partial charge is 0.467 e. The van der Waals surface area contributed by atoms with Crippen molar-refractivity contribution in [1.29, 1.82) is 0 Å². The first kappa shape index (κ1) is 19.4. The van der Waals surface area contributed by atoms with Gasteiger partial charge >= 0.3 is 0 Å². The van der Waals surface area contributed by atoms with Gasteiger partial charge in [-0.3, -0.25) is 4.79 Å². The number of nitrogens with one attached hydrogen (secondary N) is 1. The lowest BCUT2D eigenvalue weighted by atomic mass is 9.94. The van der Waals surface area contributed by atoms with E-state index >= 15 is 0 Å². The molecular formula is C18H29N3O4S. The van der Waals surface area contributed by atoms with Crippen molar-refractivity contribution in [1.82, 2.24) is 13.9 Å². The van der Waals surface area contributed by atoms with Gasteiger partial charge in [0, 0.05) is 26.2 Å². The average Bonchev–Trinajstić information content (AvgIpc) is 3.12. The van der Waals surface area contributed by atoms with Crippen molar-refractivity contribution >= 4 is 16.1 Å². The lowest BCUT2D eigenvalue weighted by molar-refractivity contribution is -0.126. The van der Waals surface area contributed by atoms with Crippen LogP contribution in [0.3, 0.4) is 0 Å². The summed E-state index contributed by atoms with van der Waals surface area (Å²) in [7, 11) is -3.51. The number of nitrogens with zero attached hydrogens (tertiary/aromatic N) is 2. The predicted octanol–water partition coefficient (Wildman–Crippen LogP) is 1.83. The van der Waals surface area contributed by atoms with Crippen molar-refractivity contribution in [2.24, 2.45) is 17.8 Å².